The first-order chi connectivity index (χ1) is 11.4. The molecule has 0 aromatic carbocycles. The summed E-state index contributed by atoms with van der Waals surface area (Å²) < 4.78 is 2.07. The van der Waals surface area contributed by atoms with E-state index in [1.807, 2.05) is 0 Å². The summed E-state index contributed by atoms with van der Waals surface area (Å²) >= 11 is 0. The van der Waals surface area contributed by atoms with Crippen molar-refractivity contribution >= 4 is 17.0 Å². The van der Waals surface area contributed by atoms with Gasteiger partial charge in [-0.3, -0.25) is 0 Å². The third kappa shape index (κ3) is 2.25. The Hall–Kier alpha value is -2.51. The lowest BCUT2D eigenvalue weighted by atomic mass is 10.1. The number of H-pyrrole nitrogens is 1. The molecule has 0 bridgehead atoms. The van der Waals surface area contributed by atoms with E-state index in [9.17, 15) is 0 Å². The molecule has 2 aliphatic rings. The highest BCUT2D eigenvalue weighted by molar-refractivity contribution is 5.82. The second-order valence-electron chi connectivity index (χ2n) is 6.41. The van der Waals surface area contributed by atoms with Crippen molar-refractivity contribution in [1.82, 2.24) is 34.9 Å². The van der Waals surface area contributed by atoms with Gasteiger partial charge in [-0.2, -0.15) is 0 Å². The van der Waals surface area contributed by atoms with Crippen molar-refractivity contribution in [2.24, 2.45) is 0 Å². The summed E-state index contributed by atoms with van der Waals surface area (Å²) in [5.41, 5.74) is 2.81. The fraction of sp³-hybridized carbons (Fsp3) is 0.533. The Morgan fingerprint density at radius 3 is 2.74 bits per heavy atom. The number of hydrogen-bond donors (Lipinski definition) is 1. The normalized spacial score (nSPS) is 19.6. The number of nitrogens with zero attached hydrogens (tertiary/aromatic N) is 7. The number of nitrogens with one attached hydrogen (secondary N) is 1. The van der Waals surface area contributed by atoms with Gasteiger partial charge in [0.05, 0.1) is 18.1 Å². The number of aromatic amines is 1. The van der Waals surface area contributed by atoms with E-state index < -0.39 is 0 Å². The smallest absolute Gasteiger partial charge is 0.182 e. The zero-order valence-electron chi connectivity index (χ0n) is 12.8. The Labute approximate surface area is 133 Å². The SMILES string of the molecule is c1nc(N2CCC(n3cc(C4CC4)nn3)CC2)c2[nH]cnc2n1. The lowest BCUT2D eigenvalue weighted by Crippen LogP contribution is -2.35. The summed E-state index contributed by atoms with van der Waals surface area (Å²) in [6.45, 7) is 1.91. The van der Waals surface area contributed by atoms with Crippen LogP contribution in [-0.2, 0) is 0 Å². The van der Waals surface area contributed by atoms with Gasteiger partial charge in [0.1, 0.15) is 11.8 Å². The maximum Gasteiger partial charge on any atom is 0.182 e. The lowest BCUT2D eigenvalue weighted by Gasteiger charge is -2.32. The minimum absolute atomic E-state index is 0.436. The van der Waals surface area contributed by atoms with Gasteiger partial charge in [0.15, 0.2) is 11.5 Å². The molecule has 8 nitrogen and oxygen atoms in total. The molecule has 1 aliphatic carbocycles. The molecule has 4 heterocycles. The van der Waals surface area contributed by atoms with Gasteiger partial charge in [-0.05, 0) is 25.7 Å². The van der Waals surface area contributed by atoms with Crippen LogP contribution in [0.4, 0.5) is 5.82 Å². The Kier molecular flexibility index (Phi) is 2.82. The molecule has 1 N–H and O–H groups in total. The van der Waals surface area contributed by atoms with Crippen molar-refractivity contribution in [1.29, 1.82) is 0 Å². The first-order valence-electron chi connectivity index (χ1n) is 8.19. The molecule has 8 heteroatoms. The summed E-state index contributed by atoms with van der Waals surface area (Å²) in [6, 6.07) is 0.436. The van der Waals surface area contributed by atoms with Crippen molar-refractivity contribution in [3.8, 4) is 0 Å². The number of fused-ring (bicyclic) bond motifs is 1. The van der Waals surface area contributed by atoms with Crippen LogP contribution in [0.15, 0.2) is 18.9 Å². The Balaban J connectivity index is 1.32. The van der Waals surface area contributed by atoms with Crippen LogP contribution in [0, 0.1) is 0 Å². The van der Waals surface area contributed by atoms with Crippen LogP contribution in [0.1, 0.15) is 43.3 Å². The van der Waals surface area contributed by atoms with Crippen molar-refractivity contribution in [2.45, 2.75) is 37.6 Å². The van der Waals surface area contributed by atoms with Crippen LogP contribution in [0.3, 0.4) is 0 Å². The van der Waals surface area contributed by atoms with Crippen molar-refractivity contribution in [3.63, 3.8) is 0 Å². The minimum Gasteiger partial charge on any atom is -0.355 e. The number of piperidine rings is 1. The zero-order chi connectivity index (χ0) is 15.2. The predicted molar refractivity (Wildman–Crippen MR) is 84.2 cm³/mol. The number of imidazole rings is 1. The maximum atomic E-state index is 4.44. The Morgan fingerprint density at radius 2 is 1.91 bits per heavy atom. The summed E-state index contributed by atoms with van der Waals surface area (Å²) in [6.07, 6.45) is 10.0. The van der Waals surface area contributed by atoms with E-state index in [-0.39, 0.29) is 0 Å². The zero-order valence-corrected chi connectivity index (χ0v) is 12.8. The number of rotatable bonds is 3. The van der Waals surface area contributed by atoms with E-state index in [0.29, 0.717) is 12.0 Å². The fourth-order valence-corrected chi connectivity index (χ4v) is 3.37. The van der Waals surface area contributed by atoms with Gasteiger partial charge in [0, 0.05) is 25.2 Å². The van der Waals surface area contributed by atoms with Crippen molar-refractivity contribution in [2.75, 3.05) is 18.0 Å². The standard InChI is InChI=1S/C15H18N8/c1-2-10(1)12-7-23(21-20-12)11-3-5-22(6-4-11)15-13-14(17-8-16-13)18-9-19-15/h7-11H,1-6H2,(H,16,17,18,19). The van der Waals surface area contributed by atoms with Crippen LogP contribution in [0.25, 0.3) is 11.2 Å². The van der Waals surface area contributed by atoms with Crippen LogP contribution in [0.5, 0.6) is 0 Å². The molecular weight excluding hydrogens is 292 g/mol. The van der Waals surface area contributed by atoms with Gasteiger partial charge in [0.25, 0.3) is 0 Å². The van der Waals surface area contributed by atoms with Crippen LogP contribution < -0.4 is 4.90 Å². The maximum absolute atomic E-state index is 4.44. The van der Waals surface area contributed by atoms with E-state index >= 15 is 0 Å². The molecule has 0 unspecified atom stereocenters. The van der Waals surface area contributed by atoms with E-state index in [0.717, 1.165) is 42.9 Å². The predicted octanol–water partition coefficient (Wildman–Crippen LogP) is 1.66. The average molecular weight is 310 g/mol. The topological polar surface area (TPSA) is 88.4 Å². The summed E-state index contributed by atoms with van der Waals surface area (Å²) in [4.78, 5) is 18.3. The molecule has 0 radical (unpaired) electrons. The minimum atomic E-state index is 0.436. The van der Waals surface area contributed by atoms with E-state index in [2.05, 4.69) is 46.0 Å². The van der Waals surface area contributed by atoms with Gasteiger partial charge in [-0.15, -0.1) is 5.10 Å². The molecule has 3 aromatic rings. The lowest BCUT2D eigenvalue weighted by molar-refractivity contribution is 0.359. The average Bonchev–Trinajstić information content (AvgIpc) is 3.13. The van der Waals surface area contributed by atoms with E-state index in [1.165, 1.54) is 18.5 Å². The highest BCUT2D eigenvalue weighted by Gasteiger charge is 2.29. The summed E-state index contributed by atoms with van der Waals surface area (Å²) in [5, 5.41) is 8.68. The van der Waals surface area contributed by atoms with E-state index in [4.69, 9.17) is 0 Å². The molecule has 0 amide bonds. The van der Waals surface area contributed by atoms with E-state index in [1.54, 1.807) is 12.7 Å². The van der Waals surface area contributed by atoms with Gasteiger partial charge in [-0.1, -0.05) is 5.21 Å². The second kappa shape index (κ2) is 5.00. The molecule has 23 heavy (non-hydrogen) atoms. The molecular formula is C15H18N8. The summed E-state index contributed by atoms with van der Waals surface area (Å²) in [7, 11) is 0. The largest absolute Gasteiger partial charge is 0.355 e. The van der Waals surface area contributed by atoms with Crippen LogP contribution in [0.2, 0.25) is 0 Å². The molecule has 2 fully saturated rings. The highest BCUT2D eigenvalue weighted by atomic mass is 15.4. The van der Waals surface area contributed by atoms with Gasteiger partial charge in [0.2, 0.25) is 0 Å². The second-order valence-corrected chi connectivity index (χ2v) is 6.41. The van der Waals surface area contributed by atoms with Gasteiger partial charge < -0.3 is 9.88 Å². The van der Waals surface area contributed by atoms with Crippen LogP contribution >= 0.6 is 0 Å². The molecule has 0 spiro atoms. The quantitative estimate of drug-likeness (QED) is 0.791. The third-order valence-electron chi connectivity index (χ3n) is 4.86. The molecule has 1 saturated carbocycles. The first-order valence-corrected chi connectivity index (χ1v) is 8.19. The van der Waals surface area contributed by atoms with Gasteiger partial charge >= 0.3 is 0 Å². The third-order valence-corrected chi connectivity index (χ3v) is 4.86. The molecule has 118 valence electrons. The highest BCUT2D eigenvalue weighted by Crippen LogP contribution is 2.39. The summed E-state index contributed by atoms with van der Waals surface area (Å²) in [5.74, 6) is 1.61. The molecule has 5 rings (SSSR count). The molecule has 1 saturated heterocycles. The molecule has 1 aliphatic heterocycles. The number of anilines is 1. The fourth-order valence-electron chi connectivity index (χ4n) is 3.37. The first kappa shape index (κ1) is 13.0. The van der Waals surface area contributed by atoms with Crippen molar-refractivity contribution in [3.05, 3.63) is 24.5 Å². The molecule has 0 atom stereocenters. The Morgan fingerprint density at radius 1 is 1.04 bits per heavy atom. The van der Waals surface area contributed by atoms with Gasteiger partial charge in [-0.25, -0.2) is 19.6 Å². The number of aromatic nitrogens is 7. The monoisotopic (exact) mass is 310 g/mol. The number of hydrogen-bond acceptors (Lipinski definition) is 6. The van der Waals surface area contributed by atoms with Crippen molar-refractivity contribution < 1.29 is 0 Å². The van der Waals surface area contributed by atoms with Crippen LogP contribution in [-0.4, -0.2) is 48.0 Å². The molecule has 3 aromatic heterocycles. The Bertz CT molecular complexity index is 825.